The maximum atomic E-state index is 13.8. The smallest absolute Gasteiger partial charge is 0.337 e. The lowest BCUT2D eigenvalue weighted by Crippen LogP contribution is -2.24. The minimum absolute atomic E-state index is 0.00409. The standard InChI is InChI=1S/C55H42Cl2N4O12.C2H6/c1-4-59-40-21-44-35(16-25(40)3)46(34-15-24(2)39(58)20-43(34)72-44)47-38(56)19-36(49(57)48(47)55(70)71)52(65)60-22-26-5-7-27(8-6-26)51(64)61-23-37-41(63)14-13-32-45(31-12-10-29(62)18-42(31)73-50(32)37)33-17-28(53(66)67)9-11-30(33)54(68)69;1-2/h5-21,53,63,66-67H,4,22-23,58H2,1-3H3,(H,60,65)(H,61,64)(H,68,69)(H,70,71);1-2H3. The number of nitrogens with zero attached hydrogens (tertiary/aromatic N) is 1. The number of aromatic carboxylic acids is 2. The highest BCUT2D eigenvalue weighted by molar-refractivity contribution is 6.41. The van der Waals surface area contributed by atoms with Crippen molar-refractivity contribution in [3.05, 3.63) is 179 Å². The van der Waals surface area contributed by atoms with Gasteiger partial charge in [0.2, 0.25) is 0 Å². The van der Waals surface area contributed by atoms with E-state index in [4.69, 9.17) is 37.8 Å². The third kappa shape index (κ3) is 10.1. The number of hydrogen-bond acceptors (Lipinski definition) is 12. The molecule has 382 valence electrons. The zero-order chi connectivity index (χ0) is 54.2. The Kier molecular flexibility index (Phi) is 15.1. The number of fused-ring (bicyclic) bond motifs is 4. The normalized spacial score (nSPS) is 11.6. The minimum Gasteiger partial charge on any atom is -0.507 e. The molecule has 16 nitrogen and oxygen atoms in total. The van der Waals surface area contributed by atoms with Gasteiger partial charge in [0.05, 0.1) is 44.2 Å². The first-order valence-electron chi connectivity index (χ1n) is 23.5. The Bertz CT molecular complexity index is 3860. The van der Waals surface area contributed by atoms with E-state index in [0.717, 1.165) is 5.56 Å². The van der Waals surface area contributed by atoms with E-state index in [0.29, 0.717) is 62.1 Å². The molecule has 0 saturated heterocycles. The van der Waals surface area contributed by atoms with Crippen LogP contribution in [0.4, 0.5) is 5.69 Å². The highest BCUT2D eigenvalue weighted by atomic mass is 35.5. The summed E-state index contributed by atoms with van der Waals surface area (Å²) in [5, 5.41) is 58.5. The van der Waals surface area contributed by atoms with Crippen LogP contribution in [-0.2, 0) is 13.1 Å². The fraction of sp³-hybridized carbons (Fsp3) is 0.158. The van der Waals surface area contributed by atoms with Crippen LogP contribution in [0.1, 0.15) is 96.3 Å². The number of hydrogen-bond donors (Lipinski definition) is 8. The Labute approximate surface area is 437 Å². The molecule has 0 saturated carbocycles. The third-order valence-electron chi connectivity index (χ3n) is 12.6. The summed E-state index contributed by atoms with van der Waals surface area (Å²) in [5.74, 6) is -3.92. The number of phenols is 1. The van der Waals surface area contributed by atoms with Gasteiger partial charge in [-0.05, 0) is 110 Å². The molecule has 0 unspecified atom stereocenters. The number of nitrogens with one attached hydrogen (secondary N) is 2. The predicted octanol–water partition coefficient (Wildman–Crippen LogP) is 10.5. The Morgan fingerprint density at radius 1 is 0.693 bits per heavy atom. The number of nitrogen functional groups attached to an aromatic ring is 1. The van der Waals surface area contributed by atoms with E-state index in [9.17, 15) is 49.5 Å². The lowest BCUT2D eigenvalue weighted by atomic mass is 9.88. The predicted molar refractivity (Wildman–Crippen MR) is 286 cm³/mol. The number of aromatic hydroxyl groups is 1. The fourth-order valence-electron chi connectivity index (χ4n) is 8.93. The summed E-state index contributed by atoms with van der Waals surface area (Å²) in [4.78, 5) is 70.1. The zero-order valence-corrected chi connectivity index (χ0v) is 42.4. The van der Waals surface area contributed by atoms with Crippen LogP contribution >= 0.6 is 23.2 Å². The van der Waals surface area contributed by atoms with E-state index < -0.39 is 41.0 Å². The van der Waals surface area contributed by atoms with Crippen molar-refractivity contribution in [2.75, 3.05) is 12.3 Å². The van der Waals surface area contributed by atoms with Crippen LogP contribution in [0.5, 0.6) is 5.75 Å². The van der Waals surface area contributed by atoms with Crippen LogP contribution in [0.2, 0.25) is 10.0 Å². The maximum Gasteiger partial charge on any atom is 0.337 e. The number of benzene rings is 7. The average Bonchev–Trinajstić information content (AvgIpc) is 3.38. The van der Waals surface area contributed by atoms with E-state index in [1.807, 2.05) is 33.8 Å². The quantitative estimate of drug-likeness (QED) is 0.0322. The van der Waals surface area contributed by atoms with Gasteiger partial charge < -0.3 is 50.7 Å². The monoisotopic (exact) mass is 1050 g/mol. The van der Waals surface area contributed by atoms with Crippen molar-refractivity contribution in [2.45, 2.75) is 54.0 Å². The van der Waals surface area contributed by atoms with Crippen molar-refractivity contribution < 1.29 is 53.5 Å². The number of carbonyl (C=O) groups is 4. The van der Waals surface area contributed by atoms with Gasteiger partial charge in [-0.25, -0.2) is 9.59 Å². The molecule has 5 aromatic carbocycles. The van der Waals surface area contributed by atoms with Crippen LogP contribution in [0.15, 0.2) is 122 Å². The van der Waals surface area contributed by atoms with Crippen molar-refractivity contribution in [1.82, 2.24) is 10.6 Å². The molecule has 0 fully saturated rings. The summed E-state index contributed by atoms with van der Waals surface area (Å²) < 4.78 is 12.5. The molecule has 0 radical (unpaired) electrons. The number of nitrogens with two attached hydrogens (primary N) is 1. The van der Waals surface area contributed by atoms with Gasteiger partial charge in [-0.3, -0.25) is 19.4 Å². The second-order valence-electron chi connectivity index (χ2n) is 17.2. The molecule has 9 rings (SSSR count). The second-order valence-corrected chi connectivity index (χ2v) is 18.0. The van der Waals surface area contributed by atoms with Crippen molar-refractivity contribution in [3.63, 3.8) is 0 Å². The number of aryl methyl sites for hydroxylation is 2. The zero-order valence-electron chi connectivity index (χ0n) is 40.9. The van der Waals surface area contributed by atoms with E-state index in [-0.39, 0.29) is 90.1 Å². The number of halogens is 2. The molecule has 75 heavy (non-hydrogen) atoms. The Hall–Kier alpha value is -8.54. The summed E-state index contributed by atoms with van der Waals surface area (Å²) in [6.07, 6.45) is -1.94. The van der Waals surface area contributed by atoms with Crippen LogP contribution in [0.25, 0.3) is 66.8 Å². The number of carboxylic acid groups (broad SMARTS) is 2. The second kappa shape index (κ2) is 21.5. The number of amides is 2. The molecule has 2 heterocycles. The highest BCUT2D eigenvalue weighted by Gasteiger charge is 2.31. The number of phenolic OH excluding ortho intramolecular Hbond substituents is 1. The largest absolute Gasteiger partial charge is 0.507 e. The van der Waals surface area contributed by atoms with Gasteiger partial charge in [0.1, 0.15) is 28.4 Å². The summed E-state index contributed by atoms with van der Waals surface area (Å²) in [6.45, 7) is 9.72. The van der Waals surface area contributed by atoms with Crippen LogP contribution in [0.3, 0.4) is 0 Å². The molecule has 2 amide bonds. The molecule has 0 bridgehead atoms. The van der Waals surface area contributed by atoms with Gasteiger partial charge in [0.15, 0.2) is 11.7 Å². The van der Waals surface area contributed by atoms with Crippen LogP contribution in [-0.4, -0.2) is 55.8 Å². The number of aliphatic hydroxyl groups excluding tert-OH is 1. The van der Waals surface area contributed by atoms with E-state index >= 15 is 0 Å². The highest BCUT2D eigenvalue weighted by Crippen LogP contribution is 2.48. The summed E-state index contributed by atoms with van der Waals surface area (Å²) in [6, 6.07) is 25.0. The van der Waals surface area contributed by atoms with Gasteiger partial charge >= 0.3 is 11.9 Å². The summed E-state index contributed by atoms with van der Waals surface area (Å²) >= 11 is 13.9. The first-order valence-corrected chi connectivity index (χ1v) is 24.2. The fourth-order valence-corrected chi connectivity index (χ4v) is 9.54. The molecule has 5 aromatic rings. The van der Waals surface area contributed by atoms with Gasteiger partial charge in [0, 0.05) is 86.7 Å². The molecule has 2 aliphatic heterocycles. The molecule has 9 N–H and O–H groups in total. The number of anilines is 1. The molecule has 18 heteroatoms. The first-order chi connectivity index (χ1) is 35.8. The maximum absolute atomic E-state index is 13.8. The Morgan fingerprint density at radius 3 is 2.08 bits per heavy atom. The van der Waals surface area contributed by atoms with E-state index in [1.54, 1.807) is 37.3 Å². The summed E-state index contributed by atoms with van der Waals surface area (Å²) in [7, 11) is 0. The molecule has 0 spiro atoms. The van der Waals surface area contributed by atoms with Crippen LogP contribution in [0, 0.1) is 13.8 Å². The van der Waals surface area contributed by atoms with Gasteiger partial charge in [-0.1, -0.05) is 55.2 Å². The number of aliphatic hydroxyl groups is 2. The van der Waals surface area contributed by atoms with E-state index in [1.165, 1.54) is 66.7 Å². The molecule has 2 aliphatic carbocycles. The number of rotatable bonds is 12. The lowest BCUT2D eigenvalue weighted by Gasteiger charge is -2.21. The van der Waals surface area contributed by atoms with Crippen molar-refractivity contribution in [2.24, 2.45) is 4.99 Å². The van der Waals surface area contributed by atoms with Gasteiger partial charge in [0.25, 0.3) is 11.8 Å². The molecular weight excluding hydrogens is 1000 g/mol. The van der Waals surface area contributed by atoms with E-state index in [2.05, 4.69) is 15.6 Å². The molecule has 0 atom stereocenters. The van der Waals surface area contributed by atoms with Crippen molar-refractivity contribution in [1.29, 1.82) is 0 Å². The molecule has 4 aliphatic rings. The van der Waals surface area contributed by atoms with Crippen LogP contribution < -0.4 is 27.2 Å². The summed E-state index contributed by atoms with van der Waals surface area (Å²) in [5.41, 5.74) is 9.89. The van der Waals surface area contributed by atoms with Crippen molar-refractivity contribution in [3.8, 4) is 50.7 Å². The number of carboxylic acids is 2. The molecule has 0 aromatic heterocycles. The topological polar surface area (TPSA) is 275 Å². The SMILES string of the molecule is CC.CCN=c1cc2oc3cc(N)c(C)cc3c(-c3c(Cl)cc(C(=O)NCc4ccc(C(=O)NCc5c(O)ccc6c(-c7cc(C(O)O)ccc7C(=O)O)c7ccc(=O)cc-7oc56)cc4)c(Cl)c3C(=O)O)c-2cc1C. The molecular formula is C57H48Cl2N4O12. The number of carbonyl (C=O) groups excluding carboxylic acids is 2. The lowest BCUT2D eigenvalue weighted by molar-refractivity contribution is -0.0425. The Morgan fingerprint density at radius 2 is 1.40 bits per heavy atom. The average molecular weight is 1050 g/mol. The van der Waals surface area contributed by atoms with Crippen molar-refractivity contribution >= 4 is 74.6 Å². The van der Waals surface area contributed by atoms with Gasteiger partial charge in [-0.15, -0.1) is 0 Å². The third-order valence-corrected chi connectivity index (χ3v) is 13.2. The first kappa shape index (κ1) is 52.8. The van der Waals surface area contributed by atoms with Gasteiger partial charge in [-0.2, -0.15) is 0 Å². The Balaban J connectivity index is 0.00000369. The minimum atomic E-state index is -1.94.